The van der Waals surface area contributed by atoms with E-state index in [-0.39, 0.29) is 30.3 Å². The molecule has 30 heavy (non-hydrogen) atoms. The minimum absolute atomic E-state index is 0. The number of carbonyl (C=O) groups is 1. The van der Waals surface area contributed by atoms with E-state index in [0.717, 1.165) is 40.7 Å². The minimum Gasteiger partial charge on any atom is -0.469 e. The van der Waals surface area contributed by atoms with Crippen LogP contribution >= 0.6 is 23.7 Å². The number of aromatic nitrogens is 2. The van der Waals surface area contributed by atoms with Crippen molar-refractivity contribution >= 4 is 40.7 Å². The molecular formula is C22H25ClN4O2S. The van der Waals surface area contributed by atoms with Crippen molar-refractivity contribution in [3.05, 3.63) is 60.4 Å². The number of hydrogen-bond donors (Lipinski definition) is 2. The van der Waals surface area contributed by atoms with Gasteiger partial charge in [0.2, 0.25) is 0 Å². The molecule has 2 heterocycles. The molecule has 6 nitrogen and oxygen atoms in total. The summed E-state index contributed by atoms with van der Waals surface area (Å²) in [6.07, 6.45) is 6.14. The number of thiazole rings is 1. The molecule has 1 aromatic carbocycles. The summed E-state index contributed by atoms with van der Waals surface area (Å²) in [6, 6.07) is 14.1. The van der Waals surface area contributed by atoms with Gasteiger partial charge in [0.1, 0.15) is 5.82 Å². The number of rotatable bonds is 6. The number of methoxy groups -OCH3 is 1. The Morgan fingerprint density at radius 1 is 1.23 bits per heavy atom. The fourth-order valence-corrected chi connectivity index (χ4v) is 4.78. The molecule has 0 aliphatic heterocycles. The van der Waals surface area contributed by atoms with E-state index in [9.17, 15) is 4.79 Å². The van der Waals surface area contributed by atoms with E-state index in [2.05, 4.69) is 27.4 Å². The number of nitrogens with one attached hydrogen (secondary N) is 1. The standard InChI is InChI=1S/C22H24N4O2S.ClH/c1-28-21(27)17-10-15(11-18(17)23)9-14-7-8-24-20(12-14)26-22-25-13-19(29-22)16-5-3-2-4-6-16;/h2-8,12-13,15,17-18H,9-11,23H2,1H3,(H,24,25,26);1H/t15-,17-,18+;/m0./s1. The van der Waals surface area contributed by atoms with E-state index in [1.54, 1.807) is 17.5 Å². The average Bonchev–Trinajstić information content (AvgIpc) is 3.35. The maximum absolute atomic E-state index is 11.9. The topological polar surface area (TPSA) is 90.1 Å². The van der Waals surface area contributed by atoms with Crippen LogP contribution in [0.4, 0.5) is 10.9 Å². The van der Waals surface area contributed by atoms with Crippen LogP contribution in [-0.4, -0.2) is 29.1 Å². The van der Waals surface area contributed by atoms with Gasteiger partial charge in [-0.1, -0.05) is 41.7 Å². The Balaban J connectivity index is 0.00000256. The second-order valence-corrected chi connectivity index (χ2v) is 8.44. The smallest absolute Gasteiger partial charge is 0.310 e. The summed E-state index contributed by atoms with van der Waals surface area (Å²) in [6.45, 7) is 0. The number of nitrogens with zero attached hydrogens (tertiary/aromatic N) is 2. The predicted molar refractivity (Wildman–Crippen MR) is 122 cm³/mol. The average molecular weight is 445 g/mol. The van der Waals surface area contributed by atoms with Gasteiger partial charge in [0.15, 0.2) is 5.13 Å². The van der Waals surface area contributed by atoms with Gasteiger partial charge in [-0.05, 0) is 48.4 Å². The van der Waals surface area contributed by atoms with E-state index in [0.29, 0.717) is 5.92 Å². The number of esters is 1. The highest BCUT2D eigenvalue weighted by Crippen LogP contribution is 2.34. The van der Waals surface area contributed by atoms with Crippen molar-refractivity contribution < 1.29 is 9.53 Å². The lowest BCUT2D eigenvalue weighted by Gasteiger charge is -2.11. The van der Waals surface area contributed by atoms with Gasteiger partial charge >= 0.3 is 5.97 Å². The summed E-state index contributed by atoms with van der Waals surface area (Å²) < 4.78 is 4.88. The molecule has 2 aromatic heterocycles. The van der Waals surface area contributed by atoms with Crippen LogP contribution in [-0.2, 0) is 16.0 Å². The van der Waals surface area contributed by atoms with Crippen LogP contribution in [0, 0.1) is 11.8 Å². The lowest BCUT2D eigenvalue weighted by molar-refractivity contribution is -0.145. The Hall–Kier alpha value is -2.48. The SMILES string of the molecule is COC(=O)[C@H]1C[C@H](Cc2ccnc(Nc3ncc(-c4ccccc4)s3)c2)C[C@H]1N.Cl. The zero-order valence-electron chi connectivity index (χ0n) is 16.7. The highest BCUT2D eigenvalue weighted by Gasteiger charge is 2.37. The number of anilines is 2. The quantitative estimate of drug-likeness (QED) is 0.546. The van der Waals surface area contributed by atoms with Crippen LogP contribution in [0.1, 0.15) is 18.4 Å². The van der Waals surface area contributed by atoms with E-state index in [4.69, 9.17) is 10.5 Å². The summed E-state index contributed by atoms with van der Waals surface area (Å²) >= 11 is 1.60. The first-order valence-corrected chi connectivity index (χ1v) is 10.5. The molecule has 0 saturated heterocycles. The number of carbonyl (C=O) groups excluding carboxylic acids is 1. The van der Waals surface area contributed by atoms with Gasteiger partial charge in [-0.3, -0.25) is 4.79 Å². The third kappa shape index (κ3) is 5.16. The van der Waals surface area contributed by atoms with Crippen LogP contribution in [0.5, 0.6) is 0 Å². The molecule has 0 amide bonds. The van der Waals surface area contributed by atoms with Crippen molar-refractivity contribution in [2.45, 2.75) is 25.3 Å². The largest absolute Gasteiger partial charge is 0.469 e. The third-order valence-corrected chi connectivity index (χ3v) is 6.32. The van der Waals surface area contributed by atoms with E-state index in [1.807, 2.05) is 36.5 Å². The lowest BCUT2D eigenvalue weighted by atomic mass is 9.97. The molecule has 1 fully saturated rings. The Kier molecular flexibility index (Phi) is 7.42. The molecule has 1 saturated carbocycles. The molecule has 3 atom stereocenters. The molecule has 1 aliphatic carbocycles. The minimum atomic E-state index is -0.199. The number of benzene rings is 1. The summed E-state index contributed by atoms with van der Waals surface area (Å²) in [4.78, 5) is 21.9. The number of pyridine rings is 1. The summed E-state index contributed by atoms with van der Waals surface area (Å²) in [7, 11) is 1.42. The van der Waals surface area contributed by atoms with Gasteiger partial charge in [-0.25, -0.2) is 9.97 Å². The van der Waals surface area contributed by atoms with Gasteiger partial charge in [-0.2, -0.15) is 0 Å². The van der Waals surface area contributed by atoms with Gasteiger partial charge < -0.3 is 15.8 Å². The molecule has 1 aliphatic rings. The van der Waals surface area contributed by atoms with Crippen molar-refractivity contribution in [2.75, 3.05) is 12.4 Å². The first-order chi connectivity index (χ1) is 14.1. The number of ether oxygens (including phenoxy) is 1. The Morgan fingerprint density at radius 3 is 2.80 bits per heavy atom. The molecule has 0 radical (unpaired) electrons. The van der Waals surface area contributed by atoms with Crippen LogP contribution in [0.3, 0.4) is 0 Å². The molecule has 0 bridgehead atoms. The van der Waals surface area contributed by atoms with Crippen LogP contribution in [0.2, 0.25) is 0 Å². The van der Waals surface area contributed by atoms with Crippen molar-refractivity contribution in [3.8, 4) is 10.4 Å². The van der Waals surface area contributed by atoms with Gasteiger partial charge in [-0.15, -0.1) is 12.4 Å². The fraction of sp³-hybridized carbons (Fsp3) is 0.318. The van der Waals surface area contributed by atoms with Gasteiger partial charge in [0.25, 0.3) is 0 Å². The molecular weight excluding hydrogens is 420 g/mol. The Morgan fingerprint density at radius 2 is 2.03 bits per heavy atom. The van der Waals surface area contributed by atoms with Crippen LogP contribution in [0.15, 0.2) is 54.9 Å². The highest BCUT2D eigenvalue weighted by molar-refractivity contribution is 7.18. The van der Waals surface area contributed by atoms with Crippen molar-refractivity contribution in [2.24, 2.45) is 17.6 Å². The Labute approximate surface area is 186 Å². The zero-order valence-corrected chi connectivity index (χ0v) is 18.3. The van der Waals surface area contributed by atoms with E-state index >= 15 is 0 Å². The molecule has 3 N–H and O–H groups in total. The maximum atomic E-state index is 11.9. The molecule has 158 valence electrons. The van der Waals surface area contributed by atoms with Crippen molar-refractivity contribution in [3.63, 3.8) is 0 Å². The monoisotopic (exact) mass is 444 g/mol. The van der Waals surface area contributed by atoms with E-state index < -0.39 is 0 Å². The number of nitrogens with two attached hydrogens (primary N) is 1. The molecule has 3 aromatic rings. The molecule has 4 rings (SSSR count). The zero-order chi connectivity index (χ0) is 20.2. The first kappa shape index (κ1) is 22.2. The van der Waals surface area contributed by atoms with Crippen LogP contribution < -0.4 is 11.1 Å². The Bertz CT molecular complexity index is 982. The van der Waals surface area contributed by atoms with Crippen molar-refractivity contribution in [1.82, 2.24) is 9.97 Å². The molecule has 0 unspecified atom stereocenters. The predicted octanol–water partition coefficient (Wildman–Crippen LogP) is 4.44. The van der Waals surface area contributed by atoms with Gasteiger partial charge in [0.05, 0.1) is 17.9 Å². The van der Waals surface area contributed by atoms with Gasteiger partial charge in [0, 0.05) is 18.4 Å². The highest BCUT2D eigenvalue weighted by atomic mass is 35.5. The maximum Gasteiger partial charge on any atom is 0.310 e. The first-order valence-electron chi connectivity index (χ1n) is 9.69. The summed E-state index contributed by atoms with van der Waals surface area (Å²) in [5.74, 6) is 0.739. The van der Waals surface area contributed by atoms with Crippen molar-refractivity contribution in [1.29, 1.82) is 0 Å². The number of halogens is 1. The lowest BCUT2D eigenvalue weighted by Crippen LogP contribution is -2.31. The van der Waals surface area contributed by atoms with E-state index in [1.165, 1.54) is 12.7 Å². The molecule has 0 spiro atoms. The number of hydrogen-bond acceptors (Lipinski definition) is 7. The summed E-state index contributed by atoms with van der Waals surface area (Å²) in [5, 5.41) is 4.11. The molecule has 8 heteroatoms. The van der Waals surface area contributed by atoms with Crippen LogP contribution in [0.25, 0.3) is 10.4 Å². The second kappa shape index (κ2) is 10.0. The summed E-state index contributed by atoms with van der Waals surface area (Å²) in [5.41, 5.74) is 8.47. The second-order valence-electron chi connectivity index (χ2n) is 7.41. The normalized spacial score (nSPS) is 20.4. The third-order valence-electron chi connectivity index (χ3n) is 5.36. The fourth-order valence-electron chi connectivity index (χ4n) is 3.95.